The van der Waals surface area contributed by atoms with E-state index in [1.165, 1.54) is 0 Å². The smallest absolute Gasteiger partial charge is 0.241 e. The van der Waals surface area contributed by atoms with Crippen molar-refractivity contribution >= 4 is 16.9 Å². The van der Waals surface area contributed by atoms with Crippen LogP contribution in [0.4, 0.5) is 0 Å². The summed E-state index contributed by atoms with van der Waals surface area (Å²) in [4.78, 5) is 21.2. The maximum atomic E-state index is 11.8. The Balaban J connectivity index is 1.72. The minimum absolute atomic E-state index is 0.0537. The van der Waals surface area contributed by atoms with E-state index >= 15 is 0 Å². The molecule has 0 aromatic carbocycles. The van der Waals surface area contributed by atoms with Gasteiger partial charge in [-0.3, -0.25) is 9.48 Å². The highest BCUT2D eigenvalue weighted by atomic mass is 16.5. The maximum absolute atomic E-state index is 11.8. The van der Waals surface area contributed by atoms with Crippen molar-refractivity contribution in [1.82, 2.24) is 29.6 Å². The van der Waals surface area contributed by atoms with Gasteiger partial charge in [0.25, 0.3) is 0 Å². The zero-order valence-electron chi connectivity index (χ0n) is 18.8. The number of nitrogens with zero attached hydrogens (tertiary/aromatic N) is 5. The number of hydrogen-bond acceptors (Lipinski definition) is 6. The summed E-state index contributed by atoms with van der Waals surface area (Å²) in [5.41, 5.74) is 3.16. The molecule has 4 heterocycles. The molecule has 31 heavy (non-hydrogen) atoms. The molecule has 2 atom stereocenters. The van der Waals surface area contributed by atoms with Crippen LogP contribution >= 0.6 is 0 Å². The lowest BCUT2D eigenvalue weighted by molar-refractivity contribution is -0.119. The number of imidazole rings is 1. The number of aromatic nitrogens is 5. The third-order valence-corrected chi connectivity index (χ3v) is 5.63. The van der Waals surface area contributed by atoms with Gasteiger partial charge in [0.15, 0.2) is 0 Å². The largest absolute Gasteiger partial charge is 0.472 e. The summed E-state index contributed by atoms with van der Waals surface area (Å²) in [6.45, 7) is 7.45. The summed E-state index contributed by atoms with van der Waals surface area (Å²) in [6.07, 6.45) is 6.48. The predicted octanol–water partition coefficient (Wildman–Crippen LogP) is 2.51. The summed E-state index contributed by atoms with van der Waals surface area (Å²) >= 11 is 0. The van der Waals surface area contributed by atoms with Gasteiger partial charge in [-0.15, -0.1) is 0 Å². The van der Waals surface area contributed by atoms with Gasteiger partial charge in [-0.05, 0) is 26.8 Å². The lowest BCUT2D eigenvalue weighted by atomic mass is 9.99. The lowest BCUT2D eigenvalue weighted by Crippen LogP contribution is -2.30. The first kappa shape index (κ1) is 21.3. The molecule has 1 aliphatic rings. The molecule has 3 aromatic heterocycles. The van der Waals surface area contributed by atoms with E-state index in [-0.39, 0.29) is 23.5 Å². The average molecular weight is 427 g/mol. The van der Waals surface area contributed by atoms with Crippen LogP contribution in [0.5, 0.6) is 5.88 Å². The van der Waals surface area contributed by atoms with E-state index in [0.29, 0.717) is 31.9 Å². The number of aryl methyl sites for hydroxylation is 1. The van der Waals surface area contributed by atoms with Crippen LogP contribution in [0.15, 0.2) is 24.8 Å². The molecule has 0 spiro atoms. The van der Waals surface area contributed by atoms with Gasteiger partial charge in [0.2, 0.25) is 11.8 Å². The summed E-state index contributed by atoms with van der Waals surface area (Å²) in [5.74, 6) is 0.634. The fourth-order valence-electron chi connectivity index (χ4n) is 3.85. The normalized spacial score (nSPS) is 17.8. The first-order chi connectivity index (χ1) is 14.8. The molecule has 166 valence electrons. The van der Waals surface area contributed by atoms with Crippen molar-refractivity contribution in [1.29, 1.82) is 0 Å². The summed E-state index contributed by atoms with van der Waals surface area (Å²) in [6, 6.07) is 1.96. The van der Waals surface area contributed by atoms with Crippen molar-refractivity contribution in [2.24, 2.45) is 13.0 Å². The average Bonchev–Trinajstić information content (AvgIpc) is 3.45. The third kappa shape index (κ3) is 4.41. The van der Waals surface area contributed by atoms with Crippen molar-refractivity contribution in [3.63, 3.8) is 0 Å². The third-order valence-electron chi connectivity index (χ3n) is 5.63. The van der Waals surface area contributed by atoms with Crippen molar-refractivity contribution < 1.29 is 14.3 Å². The monoisotopic (exact) mass is 426 g/mol. The van der Waals surface area contributed by atoms with Gasteiger partial charge in [0.05, 0.1) is 29.3 Å². The van der Waals surface area contributed by atoms with E-state index in [1.807, 2.05) is 34.8 Å². The fraction of sp³-hybridized carbons (Fsp3) is 0.545. The molecule has 0 aliphatic carbocycles. The number of rotatable bonds is 7. The van der Waals surface area contributed by atoms with Crippen LogP contribution in [0.2, 0.25) is 0 Å². The van der Waals surface area contributed by atoms with Crippen molar-refractivity contribution in [3.05, 3.63) is 24.8 Å². The van der Waals surface area contributed by atoms with E-state index in [4.69, 9.17) is 14.5 Å². The van der Waals surface area contributed by atoms with Crippen LogP contribution in [0.1, 0.15) is 33.6 Å². The SMILES string of the molecule is COCC[C@@H](Oc1nc(-c2cnn(C(C)(C)C)c2)cc2ncn(C)c12)[C@H]1CNC(=O)C1. The Morgan fingerprint density at radius 1 is 1.35 bits per heavy atom. The molecule has 9 heteroatoms. The zero-order chi connectivity index (χ0) is 22.2. The highest BCUT2D eigenvalue weighted by molar-refractivity contribution is 5.84. The van der Waals surface area contributed by atoms with Gasteiger partial charge in [0, 0.05) is 57.8 Å². The molecule has 0 radical (unpaired) electrons. The Morgan fingerprint density at radius 2 is 2.16 bits per heavy atom. The van der Waals surface area contributed by atoms with E-state index in [2.05, 4.69) is 36.2 Å². The number of methoxy groups -OCH3 is 1. The van der Waals surface area contributed by atoms with Gasteiger partial charge in [-0.1, -0.05) is 0 Å². The molecule has 1 fully saturated rings. The van der Waals surface area contributed by atoms with Crippen molar-refractivity contribution in [3.8, 4) is 17.1 Å². The van der Waals surface area contributed by atoms with Crippen LogP contribution in [-0.2, 0) is 22.1 Å². The van der Waals surface area contributed by atoms with E-state index in [9.17, 15) is 4.79 Å². The number of pyridine rings is 1. The van der Waals surface area contributed by atoms with Gasteiger partial charge in [-0.25, -0.2) is 9.97 Å². The van der Waals surface area contributed by atoms with Crippen LogP contribution in [0, 0.1) is 5.92 Å². The lowest BCUT2D eigenvalue weighted by Gasteiger charge is -2.23. The molecule has 1 saturated heterocycles. The minimum atomic E-state index is -0.197. The Hall–Kier alpha value is -2.94. The van der Waals surface area contributed by atoms with Crippen molar-refractivity contribution in [2.75, 3.05) is 20.3 Å². The number of nitrogens with one attached hydrogen (secondary N) is 1. The van der Waals surface area contributed by atoms with E-state index < -0.39 is 0 Å². The highest BCUT2D eigenvalue weighted by Crippen LogP contribution is 2.31. The summed E-state index contributed by atoms with van der Waals surface area (Å²) in [7, 11) is 3.59. The van der Waals surface area contributed by atoms with Crippen LogP contribution in [0.3, 0.4) is 0 Å². The molecule has 9 nitrogen and oxygen atoms in total. The van der Waals surface area contributed by atoms with Gasteiger partial charge < -0.3 is 19.4 Å². The Morgan fingerprint density at radius 3 is 2.81 bits per heavy atom. The highest BCUT2D eigenvalue weighted by Gasteiger charge is 2.32. The number of amides is 1. The van der Waals surface area contributed by atoms with Crippen molar-refractivity contribution in [2.45, 2.75) is 45.3 Å². The standard InChI is InChI=1S/C22H30N6O3/c1-22(2,3)28-12-15(11-25-28)16-9-17-20(27(4)13-24-17)21(26-16)31-18(6-7-30-5)14-8-19(29)23-10-14/h9,11-14,18H,6-8,10H2,1-5H3,(H,23,29)/t14-,18-/m1/s1. The van der Waals surface area contributed by atoms with Crippen LogP contribution in [-0.4, -0.2) is 56.6 Å². The Kier molecular flexibility index (Phi) is 5.70. The maximum Gasteiger partial charge on any atom is 0.241 e. The Bertz CT molecular complexity index is 1080. The van der Waals surface area contributed by atoms with Crippen LogP contribution < -0.4 is 10.1 Å². The summed E-state index contributed by atoms with van der Waals surface area (Å²) < 4.78 is 15.6. The topological polar surface area (TPSA) is 96.1 Å². The first-order valence-electron chi connectivity index (χ1n) is 10.6. The summed E-state index contributed by atoms with van der Waals surface area (Å²) in [5, 5.41) is 7.40. The number of carbonyl (C=O) groups excluding carboxylic acids is 1. The quantitative estimate of drug-likeness (QED) is 0.624. The molecule has 4 rings (SSSR count). The van der Waals surface area contributed by atoms with E-state index in [0.717, 1.165) is 22.3 Å². The molecule has 1 N–H and O–H groups in total. The molecule has 0 saturated carbocycles. The second-order valence-electron chi connectivity index (χ2n) is 9.09. The second-order valence-corrected chi connectivity index (χ2v) is 9.09. The van der Waals surface area contributed by atoms with Gasteiger partial charge >= 0.3 is 0 Å². The van der Waals surface area contributed by atoms with Crippen LogP contribution in [0.25, 0.3) is 22.3 Å². The minimum Gasteiger partial charge on any atom is -0.472 e. The molecular weight excluding hydrogens is 396 g/mol. The molecule has 0 bridgehead atoms. The number of ether oxygens (including phenoxy) is 2. The number of hydrogen-bond donors (Lipinski definition) is 1. The number of carbonyl (C=O) groups is 1. The molecular formula is C22H30N6O3. The van der Waals surface area contributed by atoms with E-state index in [1.54, 1.807) is 13.4 Å². The predicted molar refractivity (Wildman–Crippen MR) is 117 cm³/mol. The number of fused-ring (bicyclic) bond motifs is 1. The second kappa shape index (κ2) is 8.30. The van der Waals surface area contributed by atoms with Gasteiger partial charge in [0.1, 0.15) is 11.6 Å². The zero-order valence-corrected chi connectivity index (χ0v) is 18.8. The Labute approximate surface area is 181 Å². The fourth-order valence-corrected chi connectivity index (χ4v) is 3.85. The molecule has 1 aliphatic heterocycles. The molecule has 3 aromatic rings. The molecule has 1 amide bonds. The van der Waals surface area contributed by atoms with Gasteiger partial charge in [-0.2, -0.15) is 5.10 Å². The molecule has 0 unspecified atom stereocenters. The first-order valence-corrected chi connectivity index (χ1v) is 10.6.